The van der Waals surface area contributed by atoms with Crippen LogP contribution in [0.5, 0.6) is 11.5 Å². The van der Waals surface area contributed by atoms with Crippen LogP contribution in [0.2, 0.25) is 0 Å². The number of anilines is 1. The van der Waals surface area contributed by atoms with Gasteiger partial charge in [0.25, 0.3) is 0 Å². The minimum Gasteiger partial charge on any atom is -0.493 e. The molecule has 1 aliphatic heterocycles. The minimum absolute atomic E-state index is 0.168. The summed E-state index contributed by atoms with van der Waals surface area (Å²) in [6.07, 6.45) is 1.95. The molecule has 1 aliphatic rings. The van der Waals surface area contributed by atoms with E-state index >= 15 is 0 Å². The van der Waals surface area contributed by atoms with Crippen molar-refractivity contribution in [3.8, 4) is 22.8 Å². The van der Waals surface area contributed by atoms with Crippen molar-refractivity contribution in [1.82, 2.24) is 5.16 Å². The lowest BCUT2D eigenvalue weighted by atomic mass is 10.1. The molecule has 2 heterocycles. The number of hydrogen-bond acceptors (Lipinski definition) is 6. The molecule has 2 N–H and O–H groups in total. The summed E-state index contributed by atoms with van der Waals surface area (Å²) >= 11 is 0. The molecule has 1 aromatic carbocycles. The van der Waals surface area contributed by atoms with Gasteiger partial charge in [-0.1, -0.05) is 5.16 Å². The van der Waals surface area contributed by atoms with Crippen molar-refractivity contribution in [2.75, 3.05) is 26.1 Å². The van der Waals surface area contributed by atoms with Gasteiger partial charge in [-0.15, -0.1) is 0 Å². The first-order chi connectivity index (χ1) is 10.3. The second-order valence-electron chi connectivity index (χ2n) is 4.91. The van der Waals surface area contributed by atoms with Gasteiger partial charge in [0.2, 0.25) is 5.88 Å². The number of hydrogen-bond donors (Lipinski definition) is 1. The van der Waals surface area contributed by atoms with E-state index in [4.69, 9.17) is 24.5 Å². The first-order valence-corrected chi connectivity index (χ1v) is 6.91. The summed E-state index contributed by atoms with van der Waals surface area (Å²) < 4.78 is 21.6. The van der Waals surface area contributed by atoms with Gasteiger partial charge in [0.1, 0.15) is 11.8 Å². The van der Waals surface area contributed by atoms with E-state index in [2.05, 4.69) is 5.16 Å². The summed E-state index contributed by atoms with van der Waals surface area (Å²) in [4.78, 5) is 0. The first kappa shape index (κ1) is 13.8. The average Bonchev–Trinajstić information content (AvgIpc) is 2.95. The van der Waals surface area contributed by atoms with E-state index in [0.29, 0.717) is 11.4 Å². The summed E-state index contributed by atoms with van der Waals surface area (Å²) in [5, 5.41) is 3.89. The maximum absolute atomic E-state index is 6.00. The third-order valence-corrected chi connectivity index (χ3v) is 3.45. The molecule has 0 bridgehead atoms. The van der Waals surface area contributed by atoms with Crippen molar-refractivity contribution in [3.05, 3.63) is 24.3 Å². The highest BCUT2D eigenvalue weighted by atomic mass is 16.5. The Labute approximate surface area is 122 Å². The fourth-order valence-corrected chi connectivity index (χ4v) is 2.32. The zero-order chi connectivity index (χ0) is 14.7. The van der Waals surface area contributed by atoms with Crippen molar-refractivity contribution in [3.63, 3.8) is 0 Å². The Kier molecular flexibility index (Phi) is 3.96. The normalized spacial score (nSPS) is 15.9. The van der Waals surface area contributed by atoms with Crippen LogP contribution in [0.4, 0.5) is 5.88 Å². The first-order valence-electron chi connectivity index (χ1n) is 6.91. The Bertz CT molecular complexity index is 605. The van der Waals surface area contributed by atoms with Crippen molar-refractivity contribution < 1.29 is 18.7 Å². The summed E-state index contributed by atoms with van der Waals surface area (Å²) in [6.45, 7) is 1.48. The highest BCUT2D eigenvalue weighted by Gasteiger charge is 2.18. The van der Waals surface area contributed by atoms with E-state index in [0.717, 1.165) is 37.4 Å². The number of rotatable bonds is 4. The van der Waals surface area contributed by atoms with Crippen LogP contribution in [0.1, 0.15) is 12.8 Å². The Morgan fingerprint density at radius 2 is 2.00 bits per heavy atom. The second kappa shape index (κ2) is 6.05. The van der Waals surface area contributed by atoms with E-state index in [9.17, 15) is 0 Å². The molecule has 1 aromatic heterocycles. The van der Waals surface area contributed by atoms with Crippen molar-refractivity contribution >= 4 is 5.88 Å². The molecule has 0 aliphatic carbocycles. The van der Waals surface area contributed by atoms with E-state index in [-0.39, 0.29) is 12.0 Å². The van der Waals surface area contributed by atoms with Gasteiger partial charge in [-0.25, -0.2) is 0 Å². The third-order valence-electron chi connectivity index (χ3n) is 3.45. The number of nitrogens with two attached hydrogens (primary N) is 1. The van der Waals surface area contributed by atoms with Gasteiger partial charge in [0.15, 0.2) is 11.5 Å². The highest BCUT2D eigenvalue weighted by molar-refractivity contribution is 5.65. The maximum atomic E-state index is 6.00. The molecule has 0 spiro atoms. The van der Waals surface area contributed by atoms with Crippen LogP contribution in [0.15, 0.2) is 28.8 Å². The monoisotopic (exact) mass is 290 g/mol. The molecule has 0 unspecified atom stereocenters. The Morgan fingerprint density at radius 3 is 2.67 bits per heavy atom. The standard InChI is InChI=1S/C15H18N2O4/c1-18-14-8-10(12-9-15(16)21-17-12)2-3-13(14)20-11-4-6-19-7-5-11/h2-3,8-9,11H,4-7,16H2,1H3. The van der Waals surface area contributed by atoms with Crippen LogP contribution in [0.25, 0.3) is 11.3 Å². The van der Waals surface area contributed by atoms with Crippen molar-refractivity contribution in [2.24, 2.45) is 0 Å². The zero-order valence-corrected chi connectivity index (χ0v) is 11.9. The molecule has 0 atom stereocenters. The predicted octanol–water partition coefficient (Wildman–Crippen LogP) is 2.49. The highest BCUT2D eigenvalue weighted by Crippen LogP contribution is 2.34. The minimum atomic E-state index is 0.168. The molecule has 0 saturated carbocycles. The van der Waals surface area contributed by atoms with Gasteiger partial charge in [0, 0.05) is 24.5 Å². The van der Waals surface area contributed by atoms with Gasteiger partial charge in [-0.3, -0.25) is 0 Å². The van der Waals surface area contributed by atoms with Crippen LogP contribution >= 0.6 is 0 Å². The molecule has 3 rings (SSSR count). The molecular weight excluding hydrogens is 272 g/mol. The van der Waals surface area contributed by atoms with Crippen LogP contribution in [0.3, 0.4) is 0 Å². The number of nitrogens with zero attached hydrogens (tertiary/aromatic N) is 1. The zero-order valence-electron chi connectivity index (χ0n) is 11.9. The van der Waals surface area contributed by atoms with Crippen LogP contribution in [-0.2, 0) is 4.74 Å². The largest absolute Gasteiger partial charge is 0.493 e. The topological polar surface area (TPSA) is 79.7 Å². The number of aromatic nitrogens is 1. The van der Waals surface area contributed by atoms with E-state index in [1.54, 1.807) is 13.2 Å². The molecule has 21 heavy (non-hydrogen) atoms. The van der Waals surface area contributed by atoms with E-state index in [1.807, 2.05) is 18.2 Å². The van der Waals surface area contributed by atoms with E-state index < -0.39 is 0 Å². The molecule has 1 fully saturated rings. The number of methoxy groups -OCH3 is 1. The smallest absolute Gasteiger partial charge is 0.222 e. The summed E-state index contributed by atoms with van der Waals surface area (Å²) in [6, 6.07) is 7.34. The SMILES string of the molecule is COc1cc(-c2cc(N)on2)ccc1OC1CCOCC1. The molecular formula is C15H18N2O4. The molecule has 2 aromatic rings. The fourth-order valence-electron chi connectivity index (χ4n) is 2.32. The molecule has 1 saturated heterocycles. The lowest BCUT2D eigenvalue weighted by Gasteiger charge is -2.24. The van der Waals surface area contributed by atoms with Gasteiger partial charge >= 0.3 is 0 Å². The Hall–Kier alpha value is -2.21. The van der Waals surface area contributed by atoms with Gasteiger partial charge in [-0.2, -0.15) is 0 Å². The Morgan fingerprint density at radius 1 is 1.19 bits per heavy atom. The average molecular weight is 290 g/mol. The number of ether oxygens (including phenoxy) is 3. The lowest BCUT2D eigenvalue weighted by molar-refractivity contribution is 0.0245. The second-order valence-corrected chi connectivity index (χ2v) is 4.91. The molecule has 6 heteroatoms. The number of nitrogen functional groups attached to an aromatic ring is 1. The van der Waals surface area contributed by atoms with E-state index in [1.165, 1.54) is 0 Å². The van der Waals surface area contributed by atoms with Gasteiger partial charge in [0.05, 0.1) is 20.3 Å². The van der Waals surface area contributed by atoms with Crippen molar-refractivity contribution in [1.29, 1.82) is 0 Å². The molecule has 6 nitrogen and oxygen atoms in total. The third kappa shape index (κ3) is 3.11. The van der Waals surface area contributed by atoms with Crippen LogP contribution in [-0.4, -0.2) is 31.6 Å². The van der Waals surface area contributed by atoms with Crippen LogP contribution in [0, 0.1) is 0 Å². The molecule has 0 radical (unpaired) electrons. The van der Waals surface area contributed by atoms with Crippen molar-refractivity contribution in [2.45, 2.75) is 18.9 Å². The van der Waals surface area contributed by atoms with Gasteiger partial charge < -0.3 is 24.5 Å². The Balaban J connectivity index is 1.81. The number of benzene rings is 1. The quantitative estimate of drug-likeness (QED) is 0.932. The lowest BCUT2D eigenvalue weighted by Crippen LogP contribution is -2.26. The van der Waals surface area contributed by atoms with Gasteiger partial charge in [-0.05, 0) is 18.2 Å². The molecule has 112 valence electrons. The summed E-state index contributed by atoms with van der Waals surface area (Å²) in [5.41, 5.74) is 7.08. The maximum Gasteiger partial charge on any atom is 0.222 e. The summed E-state index contributed by atoms with van der Waals surface area (Å²) in [7, 11) is 1.62. The fraction of sp³-hybridized carbons (Fsp3) is 0.400. The predicted molar refractivity (Wildman–Crippen MR) is 77.4 cm³/mol. The molecule has 0 amide bonds. The van der Waals surface area contributed by atoms with Crippen LogP contribution < -0.4 is 15.2 Å². The summed E-state index contributed by atoms with van der Waals surface area (Å²) in [5.74, 6) is 1.68.